The molecule has 0 aliphatic carbocycles. The summed E-state index contributed by atoms with van der Waals surface area (Å²) in [5, 5.41) is 0. The molecule has 1 aromatic heterocycles. The van der Waals surface area contributed by atoms with Gasteiger partial charge in [-0.25, -0.2) is 0 Å². The minimum atomic E-state index is -5.42. The second-order valence-electron chi connectivity index (χ2n) is 2.77. The van der Waals surface area contributed by atoms with Crippen molar-refractivity contribution in [2.75, 3.05) is 0 Å². The molecular formula is C7H9Cl6FNSb. The van der Waals surface area contributed by atoms with Crippen molar-refractivity contribution in [3.63, 3.8) is 0 Å². The van der Waals surface area contributed by atoms with Gasteiger partial charge in [0.25, 0.3) is 0 Å². The first-order valence-corrected chi connectivity index (χ1v) is 23.4. The van der Waals surface area contributed by atoms with Gasteiger partial charge in [-0.3, -0.25) is 0 Å². The predicted molar refractivity (Wildman–Crippen MR) is 73.1 cm³/mol. The minimum absolute atomic E-state index is 0.181. The molecule has 0 fully saturated rings. The van der Waals surface area contributed by atoms with Crippen molar-refractivity contribution in [3.8, 4) is 0 Å². The van der Waals surface area contributed by atoms with Crippen LogP contribution in [0.25, 0.3) is 0 Å². The predicted octanol–water partition coefficient (Wildman–Crippen LogP) is 4.89. The molecule has 0 radical (unpaired) electrons. The number of pyridine rings is 1. The molecule has 0 aromatic carbocycles. The fraction of sp³-hybridized carbons (Fsp3) is 0.286. The van der Waals surface area contributed by atoms with Gasteiger partial charge in [0.05, 0.1) is 0 Å². The third kappa shape index (κ3) is 15.6. The fourth-order valence-electron chi connectivity index (χ4n) is 0.712. The standard InChI is InChI=1S/C7H9FN.6ClH.Sb/c1-2-9-6-4-3-5-7(9)8;;;;;;;/h3-6H,2H2,1H3;6*1H;/q+1;;;;;;;+5/p-6. The van der Waals surface area contributed by atoms with Gasteiger partial charge >= 0.3 is 68.1 Å². The first kappa shape index (κ1) is 17.6. The third-order valence-electron chi connectivity index (χ3n) is 1.23. The number of hydrogen-bond acceptors (Lipinski definition) is 0. The Kier molecular flexibility index (Phi) is 5.87. The van der Waals surface area contributed by atoms with Crippen molar-refractivity contribution in [2.45, 2.75) is 13.5 Å². The van der Waals surface area contributed by atoms with Crippen LogP contribution in [0.3, 0.4) is 0 Å². The van der Waals surface area contributed by atoms with Crippen LogP contribution in [0, 0.1) is 5.95 Å². The molecule has 0 spiro atoms. The molecule has 0 aliphatic rings. The summed E-state index contributed by atoms with van der Waals surface area (Å²) >= 11 is 0. The zero-order chi connectivity index (χ0) is 13.1. The Labute approximate surface area is 113 Å². The zero-order valence-corrected chi connectivity index (χ0v) is 15.1. The van der Waals surface area contributed by atoms with Crippen LogP contribution in [-0.4, -0.2) is 9.14 Å². The summed E-state index contributed by atoms with van der Waals surface area (Å²) in [5.41, 5.74) is 0. The summed E-state index contributed by atoms with van der Waals surface area (Å²) in [6.07, 6.45) is 1.72. The molecule has 1 nitrogen and oxygen atoms in total. The molecule has 1 heterocycles. The van der Waals surface area contributed by atoms with Crippen LogP contribution in [0.1, 0.15) is 6.92 Å². The van der Waals surface area contributed by atoms with Crippen molar-refractivity contribution in [1.29, 1.82) is 0 Å². The summed E-state index contributed by atoms with van der Waals surface area (Å²) in [6.45, 7) is 2.59. The van der Waals surface area contributed by atoms with Crippen molar-refractivity contribution >= 4 is 62.1 Å². The second kappa shape index (κ2) is 5.33. The Morgan fingerprint density at radius 3 is 1.81 bits per heavy atom. The quantitative estimate of drug-likeness (QED) is 0.319. The summed E-state index contributed by atoms with van der Waals surface area (Å²) in [7, 11) is 25.0. The van der Waals surface area contributed by atoms with E-state index in [1.807, 2.05) is 13.0 Å². The van der Waals surface area contributed by atoms with Gasteiger partial charge in [-0.2, -0.15) is 4.57 Å². The van der Waals surface area contributed by atoms with E-state index in [4.69, 9.17) is 53.0 Å². The fourth-order valence-corrected chi connectivity index (χ4v) is 0.712. The molecule has 1 rings (SSSR count). The molecule has 0 atom stereocenters. The summed E-state index contributed by atoms with van der Waals surface area (Å²) in [6, 6.07) is 4.94. The number of aromatic nitrogens is 1. The molecule has 0 bridgehead atoms. The van der Waals surface area contributed by atoms with Crippen LogP contribution in [0.2, 0.25) is 0 Å². The van der Waals surface area contributed by atoms with Crippen LogP contribution >= 0.6 is 53.0 Å². The zero-order valence-electron chi connectivity index (χ0n) is 8.06. The Hall–Kier alpha value is 1.64. The average Bonchev–Trinajstić information content (AvgIpc) is 1.99. The Morgan fingerprint density at radius 2 is 1.56 bits per heavy atom. The topological polar surface area (TPSA) is 3.88 Å². The number of halogens is 7. The third-order valence-corrected chi connectivity index (χ3v) is 1.23. The van der Waals surface area contributed by atoms with Crippen molar-refractivity contribution in [1.82, 2.24) is 0 Å². The van der Waals surface area contributed by atoms with E-state index < -0.39 is 9.14 Å². The molecule has 9 heteroatoms. The average molecular weight is 461 g/mol. The van der Waals surface area contributed by atoms with Gasteiger partial charge in [-0.1, -0.05) is 0 Å². The van der Waals surface area contributed by atoms with Gasteiger partial charge in [-0.05, 0) is 13.0 Å². The van der Waals surface area contributed by atoms with Crippen LogP contribution in [0.4, 0.5) is 4.39 Å². The number of rotatable bonds is 1. The van der Waals surface area contributed by atoms with E-state index in [-0.39, 0.29) is 5.95 Å². The van der Waals surface area contributed by atoms with Gasteiger partial charge in [0.1, 0.15) is 6.54 Å². The monoisotopic (exact) mass is 457 g/mol. The van der Waals surface area contributed by atoms with Crippen LogP contribution in [0.15, 0.2) is 24.4 Å². The number of aryl methyl sites for hydroxylation is 1. The molecule has 0 saturated heterocycles. The van der Waals surface area contributed by atoms with Gasteiger partial charge in [-0.15, -0.1) is 4.39 Å². The summed E-state index contributed by atoms with van der Waals surface area (Å²) in [5.74, 6) is -0.181. The van der Waals surface area contributed by atoms with E-state index in [9.17, 15) is 4.39 Å². The molecule has 0 saturated carbocycles. The van der Waals surface area contributed by atoms with E-state index in [1.165, 1.54) is 6.07 Å². The molecule has 0 unspecified atom stereocenters. The van der Waals surface area contributed by atoms with Crippen molar-refractivity contribution in [3.05, 3.63) is 30.3 Å². The SMILES string of the molecule is CC[n+]1ccccc1F.[Cl][Sb-]([Cl])([Cl])([Cl])([Cl])[Cl]. The van der Waals surface area contributed by atoms with Crippen LogP contribution in [0.5, 0.6) is 0 Å². The van der Waals surface area contributed by atoms with Gasteiger partial charge in [0.2, 0.25) is 0 Å². The Balaban J connectivity index is 0.000000293. The molecular weight excluding hydrogens is 452 g/mol. The molecule has 0 amide bonds. The Bertz CT molecular complexity index is 350. The summed E-state index contributed by atoms with van der Waals surface area (Å²) in [4.78, 5) is 0. The molecule has 16 heavy (non-hydrogen) atoms. The normalized spacial score (nSPS) is 15.5. The molecule has 0 aliphatic heterocycles. The van der Waals surface area contributed by atoms with E-state index >= 15 is 0 Å². The van der Waals surface area contributed by atoms with E-state index in [0.717, 1.165) is 0 Å². The first-order valence-electron chi connectivity index (χ1n) is 4.00. The van der Waals surface area contributed by atoms with E-state index in [0.29, 0.717) is 6.54 Å². The van der Waals surface area contributed by atoms with Crippen LogP contribution in [-0.2, 0) is 6.54 Å². The second-order valence-corrected chi connectivity index (χ2v) is 59.7. The Morgan fingerprint density at radius 1 is 1.12 bits per heavy atom. The first-order chi connectivity index (χ1) is 6.79. The molecule has 1 aromatic rings. The number of nitrogens with zero attached hydrogens (tertiary/aromatic N) is 1. The number of hydrogen-bond donors (Lipinski definition) is 0. The van der Waals surface area contributed by atoms with Crippen molar-refractivity contribution < 1.29 is 8.96 Å². The van der Waals surface area contributed by atoms with Crippen LogP contribution < -0.4 is 4.57 Å². The maximum atomic E-state index is 12.6. The van der Waals surface area contributed by atoms with Gasteiger partial charge in [0, 0.05) is 12.1 Å². The van der Waals surface area contributed by atoms with E-state index in [2.05, 4.69) is 0 Å². The van der Waals surface area contributed by atoms with Gasteiger partial charge < -0.3 is 0 Å². The molecule has 96 valence electrons. The van der Waals surface area contributed by atoms with E-state index in [1.54, 1.807) is 16.8 Å². The maximum absolute atomic E-state index is 12.6. The molecule has 0 N–H and O–H groups in total. The van der Waals surface area contributed by atoms with Gasteiger partial charge in [0.15, 0.2) is 6.20 Å². The van der Waals surface area contributed by atoms with Crippen molar-refractivity contribution in [2.24, 2.45) is 0 Å². The summed E-state index contributed by atoms with van der Waals surface area (Å²) < 4.78 is 14.1.